The smallest absolute Gasteiger partial charge is 0.269 e. The third-order valence-electron chi connectivity index (χ3n) is 4.15. The Bertz CT molecular complexity index is 981. The lowest BCUT2D eigenvalue weighted by molar-refractivity contribution is -0.121. The molecule has 7 heteroatoms. The SMILES string of the molecule is CCOc1ccc(C(=O)NNC(=O)Cc2c[nH]c3ccccc23)cc1OCC. The van der Waals surface area contributed by atoms with Gasteiger partial charge in [0.15, 0.2) is 11.5 Å². The molecular weight excluding hydrogens is 358 g/mol. The fourth-order valence-electron chi connectivity index (χ4n) is 2.89. The summed E-state index contributed by atoms with van der Waals surface area (Å²) >= 11 is 0. The Labute approximate surface area is 163 Å². The molecule has 28 heavy (non-hydrogen) atoms. The lowest BCUT2D eigenvalue weighted by Crippen LogP contribution is -2.42. The van der Waals surface area contributed by atoms with Gasteiger partial charge in [0, 0.05) is 22.7 Å². The number of carbonyl (C=O) groups excluding carboxylic acids is 2. The first-order valence-electron chi connectivity index (χ1n) is 9.16. The third kappa shape index (κ3) is 4.43. The van der Waals surface area contributed by atoms with Gasteiger partial charge in [0.1, 0.15) is 0 Å². The predicted molar refractivity (Wildman–Crippen MR) is 106 cm³/mol. The number of hydrazine groups is 1. The molecule has 3 aromatic rings. The maximum absolute atomic E-state index is 12.4. The first kappa shape index (κ1) is 19.3. The zero-order valence-corrected chi connectivity index (χ0v) is 15.9. The van der Waals surface area contributed by atoms with E-state index in [1.54, 1.807) is 24.4 Å². The largest absolute Gasteiger partial charge is 0.490 e. The molecule has 0 fully saturated rings. The van der Waals surface area contributed by atoms with E-state index in [1.165, 1.54) is 0 Å². The molecule has 0 aliphatic heterocycles. The number of ether oxygens (including phenoxy) is 2. The van der Waals surface area contributed by atoms with Crippen molar-refractivity contribution in [2.24, 2.45) is 0 Å². The van der Waals surface area contributed by atoms with Crippen molar-refractivity contribution >= 4 is 22.7 Å². The molecule has 3 N–H and O–H groups in total. The van der Waals surface area contributed by atoms with Crippen LogP contribution in [0.25, 0.3) is 10.9 Å². The van der Waals surface area contributed by atoms with Crippen molar-refractivity contribution in [2.45, 2.75) is 20.3 Å². The number of rotatable bonds is 7. The van der Waals surface area contributed by atoms with Crippen molar-refractivity contribution in [2.75, 3.05) is 13.2 Å². The van der Waals surface area contributed by atoms with E-state index in [0.29, 0.717) is 30.3 Å². The van der Waals surface area contributed by atoms with E-state index >= 15 is 0 Å². The molecule has 0 aliphatic carbocycles. The molecule has 0 saturated heterocycles. The maximum Gasteiger partial charge on any atom is 0.269 e. The highest BCUT2D eigenvalue weighted by atomic mass is 16.5. The van der Waals surface area contributed by atoms with E-state index in [2.05, 4.69) is 15.8 Å². The quantitative estimate of drug-likeness (QED) is 0.549. The van der Waals surface area contributed by atoms with Crippen LogP contribution in [0.4, 0.5) is 0 Å². The molecule has 7 nitrogen and oxygen atoms in total. The highest BCUT2D eigenvalue weighted by Gasteiger charge is 2.13. The number of aromatic amines is 1. The normalized spacial score (nSPS) is 10.5. The summed E-state index contributed by atoms with van der Waals surface area (Å²) in [6.07, 6.45) is 1.95. The predicted octanol–water partition coefficient (Wildman–Crippen LogP) is 2.97. The molecule has 1 heterocycles. The molecule has 0 atom stereocenters. The van der Waals surface area contributed by atoms with Crippen LogP contribution >= 0.6 is 0 Å². The van der Waals surface area contributed by atoms with Crippen molar-refractivity contribution in [1.82, 2.24) is 15.8 Å². The number of hydrogen-bond donors (Lipinski definition) is 3. The summed E-state index contributed by atoms with van der Waals surface area (Å²) in [5.41, 5.74) is 7.07. The molecule has 0 aliphatic rings. The molecule has 0 unspecified atom stereocenters. The standard InChI is InChI=1S/C21H23N3O4/c1-3-27-18-10-9-14(11-19(18)28-4-2)21(26)24-23-20(25)12-15-13-22-17-8-6-5-7-16(15)17/h5-11,13,22H,3-4,12H2,1-2H3,(H,23,25)(H,24,26). The molecule has 2 aromatic carbocycles. The summed E-state index contributed by atoms with van der Waals surface area (Å²) in [4.78, 5) is 27.7. The minimum atomic E-state index is -0.434. The summed E-state index contributed by atoms with van der Waals surface area (Å²) in [5, 5.41) is 0.983. The number of benzene rings is 2. The number of amides is 2. The highest BCUT2D eigenvalue weighted by molar-refractivity contribution is 5.96. The van der Waals surface area contributed by atoms with Gasteiger partial charge in [-0.15, -0.1) is 0 Å². The molecule has 0 bridgehead atoms. The van der Waals surface area contributed by atoms with Crippen molar-refractivity contribution < 1.29 is 19.1 Å². The fraction of sp³-hybridized carbons (Fsp3) is 0.238. The summed E-state index contributed by atoms with van der Waals surface area (Å²) < 4.78 is 11.0. The van der Waals surface area contributed by atoms with Gasteiger partial charge < -0.3 is 14.5 Å². The average Bonchev–Trinajstić information content (AvgIpc) is 3.11. The highest BCUT2D eigenvalue weighted by Crippen LogP contribution is 2.28. The molecule has 3 rings (SSSR count). The topological polar surface area (TPSA) is 92.5 Å². The van der Waals surface area contributed by atoms with Crippen LogP contribution in [0.3, 0.4) is 0 Å². The summed E-state index contributed by atoms with van der Waals surface area (Å²) in [5.74, 6) is 0.316. The van der Waals surface area contributed by atoms with Crippen LogP contribution in [0.1, 0.15) is 29.8 Å². The molecule has 0 radical (unpaired) electrons. The second-order valence-electron chi connectivity index (χ2n) is 6.07. The number of H-pyrrole nitrogens is 1. The second-order valence-corrected chi connectivity index (χ2v) is 6.07. The van der Waals surface area contributed by atoms with Crippen molar-refractivity contribution in [3.05, 3.63) is 59.8 Å². The van der Waals surface area contributed by atoms with Gasteiger partial charge in [-0.1, -0.05) is 18.2 Å². The van der Waals surface area contributed by atoms with Crippen LogP contribution in [0.2, 0.25) is 0 Å². The lowest BCUT2D eigenvalue weighted by Gasteiger charge is -2.12. The minimum absolute atomic E-state index is 0.151. The van der Waals surface area contributed by atoms with Gasteiger partial charge in [0.05, 0.1) is 19.6 Å². The van der Waals surface area contributed by atoms with E-state index < -0.39 is 5.91 Å². The van der Waals surface area contributed by atoms with E-state index in [9.17, 15) is 9.59 Å². The fourth-order valence-corrected chi connectivity index (χ4v) is 2.89. The monoisotopic (exact) mass is 381 g/mol. The number of carbonyl (C=O) groups is 2. The average molecular weight is 381 g/mol. The number of hydrogen-bond acceptors (Lipinski definition) is 4. The molecule has 146 valence electrons. The number of fused-ring (bicyclic) bond motifs is 1. The molecule has 0 spiro atoms. The number of aromatic nitrogens is 1. The van der Waals surface area contributed by atoms with Gasteiger partial charge in [0.25, 0.3) is 5.91 Å². The van der Waals surface area contributed by atoms with Crippen LogP contribution in [0, 0.1) is 0 Å². The van der Waals surface area contributed by atoms with Gasteiger partial charge in [-0.2, -0.15) is 0 Å². The molecular formula is C21H23N3O4. The van der Waals surface area contributed by atoms with E-state index in [4.69, 9.17) is 9.47 Å². The van der Waals surface area contributed by atoms with Gasteiger partial charge in [0.2, 0.25) is 5.91 Å². The van der Waals surface area contributed by atoms with Crippen LogP contribution in [0.15, 0.2) is 48.7 Å². The first-order valence-corrected chi connectivity index (χ1v) is 9.16. The van der Waals surface area contributed by atoms with Crippen LogP contribution in [0.5, 0.6) is 11.5 Å². The second kappa shape index (κ2) is 8.94. The van der Waals surface area contributed by atoms with Gasteiger partial charge >= 0.3 is 0 Å². The summed E-state index contributed by atoms with van der Waals surface area (Å²) in [6, 6.07) is 12.6. The molecule has 1 aromatic heterocycles. The Morgan fingerprint density at radius 3 is 2.50 bits per heavy atom. The third-order valence-corrected chi connectivity index (χ3v) is 4.15. The first-order chi connectivity index (χ1) is 13.6. The van der Waals surface area contributed by atoms with E-state index in [-0.39, 0.29) is 12.3 Å². The van der Waals surface area contributed by atoms with Crippen LogP contribution in [-0.4, -0.2) is 30.0 Å². The Kier molecular flexibility index (Phi) is 6.16. The summed E-state index contributed by atoms with van der Waals surface area (Å²) in [6.45, 7) is 4.68. The zero-order valence-electron chi connectivity index (χ0n) is 15.9. The molecule has 2 amide bonds. The lowest BCUT2D eigenvalue weighted by atomic mass is 10.1. The van der Waals surface area contributed by atoms with Gasteiger partial charge in [-0.3, -0.25) is 20.4 Å². The van der Waals surface area contributed by atoms with Gasteiger partial charge in [-0.25, -0.2) is 0 Å². The number of nitrogens with one attached hydrogen (secondary N) is 3. The maximum atomic E-state index is 12.4. The Morgan fingerprint density at radius 1 is 0.964 bits per heavy atom. The van der Waals surface area contributed by atoms with E-state index in [0.717, 1.165) is 16.5 Å². The van der Waals surface area contributed by atoms with Crippen molar-refractivity contribution in [3.8, 4) is 11.5 Å². The Balaban J connectivity index is 1.61. The van der Waals surface area contributed by atoms with Crippen molar-refractivity contribution in [3.63, 3.8) is 0 Å². The zero-order chi connectivity index (χ0) is 19.9. The minimum Gasteiger partial charge on any atom is -0.490 e. The van der Waals surface area contributed by atoms with E-state index in [1.807, 2.05) is 38.1 Å². The van der Waals surface area contributed by atoms with Gasteiger partial charge in [-0.05, 0) is 43.7 Å². The number of para-hydroxylation sites is 1. The van der Waals surface area contributed by atoms with Crippen LogP contribution in [-0.2, 0) is 11.2 Å². The molecule has 0 saturated carbocycles. The Morgan fingerprint density at radius 2 is 1.71 bits per heavy atom. The summed E-state index contributed by atoms with van der Waals surface area (Å²) in [7, 11) is 0. The Hall–Kier alpha value is -3.48. The van der Waals surface area contributed by atoms with Crippen LogP contribution < -0.4 is 20.3 Å². The van der Waals surface area contributed by atoms with Crippen molar-refractivity contribution in [1.29, 1.82) is 0 Å².